The van der Waals surface area contributed by atoms with Crippen LogP contribution in [0.15, 0.2) is 48.5 Å². The van der Waals surface area contributed by atoms with E-state index in [9.17, 15) is 22.8 Å². The Kier molecular flexibility index (Phi) is 4.71. The maximum atomic E-state index is 13.1. The van der Waals surface area contributed by atoms with Crippen molar-refractivity contribution in [3.05, 3.63) is 65.2 Å². The van der Waals surface area contributed by atoms with Crippen LogP contribution in [0.4, 0.5) is 18.9 Å². The highest BCUT2D eigenvalue weighted by Crippen LogP contribution is 2.32. The second kappa shape index (κ2) is 6.82. The standard InChI is InChI=1S/C19H17F3N2O2/c1-12-6-8-14(9-7-12)24-11-13(10-17(24)25)23-18(26)15-4-2-3-5-16(15)19(20,21)22/h2-9,13H,10-11H2,1H3,(H,23,26)/t13-/m0/s1. The molecule has 2 aromatic carbocycles. The van der Waals surface area contributed by atoms with Gasteiger partial charge in [0, 0.05) is 18.7 Å². The van der Waals surface area contributed by atoms with Crippen molar-refractivity contribution in [1.82, 2.24) is 5.32 Å². The van der Waals surface area contributed by atoms with Crippen molar-refractivity contribution in [3.8, 4) is 0 Å². The number of rotatable bonds is 3. The van der Waals surface area contributed by atoms with Crippen LogP contribution < -0.4 is 10.2 Å². The van der Waals surface area contributed by atoms with Crippen LogP contribution in [0.1, 0.15) is 27.9 Å². The van der Waals surface area contributed by atoms with E-state index in [0.717, 1.165) is 17.7 Å². The zero-order valence-corrected chi connectivity index (χ0v) is 14.0. The summed E-state index contributed by atoms with van der Waals surface area (Å²) >= 11 is 0. The van der Waals surface area contributed by atoms with Crippen molar-refractivity contribution in [2.75, 3.05) is 11.4 Å². The predicted octanol–water partition coefficient (Wildman–Crippen LogP) is 3.55. The number of nitrogens with zero attached hydrogens (tertiary/aromatic N) is 1. The Bertz CT molecular complexity index is 831. The highest BCUT2D eigenvalue weighted by Gasteiger charge is 2.36. The van der Waals surface area contributed by atoms with Crippen molar-refractivity contribution in [2.45, 2.75) is 25.6 Å². The maximum Gasteiger partial charge on any atom is 0.417 e. The molecule has 0 bridgehead atoms. The van der Waals surface area contributed by atoms with Gasteiger partial charge in [-0.25, -0.2) is 0 Å². The number of hydrogen-bond donors (Lipinski definition) is 1. The van der Waals surface area contributed by atoms with E-state index >= 15 is 0 Å². The van der Waals surface area contributed by atoms with Crippen LogP contribution in [-0.2, 0) is 11.0 Å². The third kappa shape index (κ3) is 3.71. The van der Waals surface area contributed by atoms with E-state index in [1.165, 1.54) is 17.0 Å². The highest BCUT2D eigenvalue weighted by molar-refractivity contribution is 5.99. The first kappa shape index (κ1) is 18.0. The Morgan fingerprint density at radius 2 is 1.77 bits per heavy atom. The number of halogens is 3. The molecule has 26 heavy (non-hydrogen) atoms. The van der Waals surface area contributed by atoms with Gasteiger partial charge in [0.2, 0.25) is 5.91 Å². The molecular formula is C19H17F3N2O2. The van der Waals surface area contributed by atoms with Gasteiger partial charge in [-0.2, -0.15) is 13.2 Å². The Hall–Kier alpha value is -2.83. The number of carbonyl (C=O) groups is 2. The third-order valence-corrected chi connectivity index (χ3v) is 4.28. The highest BCUT2D eigenvalue weighted by atomic mass is 19.4. The summed E-state index contributed by atoms with van der Waals surface area (Å²) < 4.78 is 39.2. The molecule has 1 heterocycles. The number of alkyl halides is 3. The van der Waals surface area contributed by atoms with Gasteiger partial charge in [-0.1, -0.05) is 29.8 Å². The van der Waals surface area contributed by atoms with Crippen LogP contribution in [0.5, 0.6) is 0 Å². The molecule has 0 spiro atoms. The zero-order valence-electron chi connectivity index (χ0n) is 14.0. The van der Waals surface area contributed by atoms with E-state index in [2.05, 4.69) is 5.32 Å². The summed E-state index contributed by atoms with van der Waals surface area (Å²) in [5, 5.41) is 2.55. The first-order valence-electron chi connectivity index (χ1n) is 8.10. The number of hydrogen-bond acceptors (Lipinski definition) is 2. The van der Waals surface area contributed by atoms with E-state index in [-0.39, 0.29) is 18.9 Å². The van der Waals surface area contributed by atoms with Gasteiger partial charge in [-0.05, 0) is 31.2 Å². The van der Waals surface area contributed by atoms with Gasteiger partial charge in [0.15, 0.2) is 0 Å². The first-order chi connectivity index (χ1) is 12.3. The van der Waals surface area contributed by atoms with E-state index in [1.54, 1.807) is 12.1 Å². The minimum Gasteiger partial charge on any atom is -0.347 e. The van der Waals surface area contributed by atoms with Gasteiger partial charge in [-0.15, -0.1) is 0 Å². The summed E-state index contributed by atoms with van der Waals surface area (Å²) in [4.78, 5) is 26.1. The lowest BCUT2D eigenvalue weighted by molar-refractivity contribution is -0.138. The largest absolute Gasteiger partial charge is 0.417 e. The lowest BCUT2D eigenvalue weighted by Crippen LogP contribution is -2.38. The number of benzene rings is 2. The molecule has 1 N–H and O–H groups in total. The average Bonchev–Trinajstić information content (AvgIpc) is 2.95. The molecule has 4 nitrogen and oxygen atoms in total. The van der Waals surface area contributed by atoms with Crippen molar-refractivity contribution in [3.63, 3.8) is 0 Å². The summed E-state index contributed by atoms with van der Waals surface area (Å²) in [5.41, 5.74) is 0.320. The van der Waals surface area contributed by atoms with Crippen molar-refractivity contribution < 1.29 is 22.8 Å². The Morgan fingerprint density at radius 3 is 2.42 bits per heavy atom. The van der Waals surface area contributed by atoms with Gasteiger partial charge in [0.05, 0.1) is 17.2 Å². The molecule has 1 aliphatic rings. The molecule has 2 amide bonds. The molecule has 2 aromatic rings. The van der Waals surface area contributed by atoms with E-state index < -0.39 is 29.3 Å². The lowest BCUT2D eigenvalue weighted by Gasteiger charge is -2.18. The molecule has 0 radical (unpaired) electrons. The number of nitrogens with one attached hydrogen (secondary N) is 1. The second-order valence-electron chi connectivity index (χ2n) is 6.26. The molecule has 0 unspecified atom stereocenters. The molecule has 136 valence electrons. The molecule has 0 aromatic heterocycles. The van der Waals surface area contributed by atoms with Crippen molar-refractivity contribution >= 4 is 17.5 Å². The van der Waals surface area contributed by atoms with Crippen molar-refractivity contribution in [2.24, 2.45) is 0 Å². The van der Waals surface area contributed by atoms with E-state index in [4.69, 9.17) is 0 Å². The maximum absolute atomic E-state index is 13.1. The first-order valence-corrected chi connectivity index (χ1v) is 8.10. The monoisotopic (exact) mass is 362 g/mol. The molecule has 7 heteroatoms. The molecule has 0 saturated carbocycles. The summed E-state index contributed by atoms with van der Waals surface area (Å²) in [7, 11) is 0. The van der Waals surface area contributed by atoms with E-state index in [1.807, 2.05) is 19.1 Å². The summed E-state index contributed by atoms with van der Waals surface area (Å²) in [6, 6.07) is 11.4. The SMILES string of the molecule is Cc1ccc(N2C[C@@H](NC(=O)c3ccccc3C(F)(F)F)CC2=O)cc1. The number of amides is 2. The van der Waals surface area contributed by atoms with Crippen LogP contribution in [0, 0.1) is 6.92 Å². The summed E-state index contributed by atoms with van der Waals surface area (Å²) in [5.74, 6) is -1.01. The Labute approximate surface area is 148 Å². The fourth-order valence-electron chi connectivity index (χ4n) is 2.97. The smallest absolute Gasteiger partial charge is 0.347 e. The van der Waals surface area contributed by atoms with Crippen LogP contribution in [0.25, 0.3) is 0 Å². The van der Waals surface area contributed by atoms with Gasteiger partial charge in [-0.3, -0.25) is 9.59 Å². The van der Waals surface area contributed by atoms with Crippen molar-refractivity contribution in [1.29, 1.82) is 0 Å². The predicted molar refractivity (Wildman–Crippen MR) is 90.8 cm³/mol. The van der Waals surface area contributed by atoms with Gasteiger partial charge in [0.1, 0.15) is 0 Å². The molecule has 1 fully saturated rings. The fourth-order valence-corrected chi connectivity index (χ4v) is 2.97. The minimum absolute atomic E-state index is 0.0494. The summed E-state index contributed by atoms with van der Waals surface area (Å²) in [6.07, 6.45) is -4.57. The average molecular weight is 362 g/mol. The second-order valence-corrected chi connectivity index (χ2v) is 6.26. The number of carbonyl (C=O) groups excluding carboxylic acids is 2. The Morgan fingerprint density at radius 1 is 1.12 bits per heavy atom. The molecule has 0 aliphatic carbocycles. The lowest BCUT2D eigenvalue weighted by atomic mass is 10.1. The third-order valence-electron chi connectivity index (χ3n) is 4.28. The van der Waals surface area contributed by atoms with Crippen LogP contribution in [0.3, 0.4) is 0 Å². The van der Waals surface area contributed by atoms with Gasteiger partial charge in [0.25, 0.3) is 5.91 Å². The quantitative estimate of drug-likeness (QED) is 0.908. The Balaban J connectivity index is 1.74. The molecule has 1 atom stereocenters. The van der Waals surface area contributed by atoms with Gasteiger partial charge >= 0.3 is 6.18 Å². The van der Waals surface area contributed by atoms with Crippen LogP contribution in [-0.4, -0.2) is 24.4 Å². The van der Waals surface area contributed by atoms with E-state index in [0.29, 0.717) is 5.69 Å². The molecule has 1 saturated heterocycles. The van der Waals surface area contributed by atoms with Crippen LogP contribution >= 0.6 is 0 Å². The zero-order chi connectivity index (χ0) is 18.9. The summed E-state index contributed by atoms with van der Waals surface area (Å²) in [6.45, 7) is 2.15. The number of aryl methyl sites for hydroxylation is 1. The number of anilines is 1. The topological polar surface area (TPSA) is 49.4 Å². The minimum atomic E-state index is -4.62. The fraction of sp³-hybridized carbons (Fsp3) is 0.263. The molecular weight excluding hydrogens is 345 g/mol. The van der Waals surface area contributed by atoms with Crippen LogP contribution in [0.2, 0.25) is 0 Å². The molecule has 3 rings (SSSR count). The van der Waals surface area contributed by atoms with Gasteiger partial charge < -0.3 is 10.2 Å². The molecule has 1 aliphatic heterocycles. The normalized spacial score (nSPS) is 17.5.